The molecule has 1 heterocycles. The summed E-state index contributed by atoms with van der Waals surface area (Å²) in [6, 6.07) is 13.7. The fourth-order valence-corrected chi connectivity index (χ4v) is 3.36. The first kappa shape index (κ1) is 32.4. The summed E-state index contributed by atoms with van der Waals surface area (Å²) in [4.78, 5) is 42.0. The lowest BCUT2D eigenvalue weighted by atomic mass is 9.95. The van der Waals surface area contributed by atoms with Crippen molar-refractivity contribution in [2.24, 2.45) is 11.7 Å². The zero-order valence-electron chi connectivity index (χ0n) is 22.8. The van der Waals surface area contributed by atoms with Crippen molar-refractivity contribution in [2.75, 3.05) is 25.2 Å². The Morgan fingerprint density at radius 2 is 1.56 bits per heavy atom. The number of aromatic nitrogens is 1. The largest absolute Gasteiger partial charge is 0.481 e. The zero-order chi connectivity index (χ0) is 30.9. The lowest BCUT2D eigenvalue weighted by molar-refractivity contribution is 0.0697. The Balaban J connectivity index is 0.00000108. The van der Waals surface area contributed by atoms with Crippen molar-refractivity contribution in [2.45, 2.75) is 13.8 Å². The minimum atomic E-state index is -3.67. The van der Waals surface area contributed by atoms with Gasteiger partial charge in [0, 0.05) is 35.0 Å². The number of nitrogens with one attached hydrogen (secondary N) is 3. The molecule has 0 aliphatic rings. The SMILES string of the molecule is COc1ccc(-c2ccc(C(=O)NCC(C)C)cc2C(=O)O)c(C(=O)Nc2ccc(C(=N)N)cc2)n1.CS(=O)(=O)O. The lowest BCUT2D eigenvalue weighted by Crippen LogP contribution is -2.27. The molecule has 0 radical (unpaired) electrons. The van der Waals surface area contributed by atoms with E-state index in [1.165, 1.54) is 31.4 Å². The number of anilines is 1. The van der Waals surface area contributed by atoms with Crippen LogP contribution in [0.2, 0.25) is 0 Å². The molecule has 0 spiro atoms. The van der Waals surface area contributed by atoms with Crippen LogP contribution in [0.4, 0.5) is 5.69 Å². The van der Waals surface area contributed by atoms with Crippen LogP contribution in [0.15, 0.2) is 54.6 Å². The number of hydrogen-bond donors (Lipinski definition) is 6. The van der Waals surface area contributed by atoms with E-state index in [9.17, 15) is 27.9 Å². The van der Waals surface area contributed by atoms with E-state index in [2.05, 4.69) is 15.6 Å². The van der Waals surface area contributed by atoms with E-state index < -0.39 is 27.9 Å². The van der Waals surface area contributed by atoms with Crippen molar-refractivity contribution < 1.29 is 37.2 Å². The van der Waals surface area contributed by atoms with Gasteiger partial charge in [-0.15, -0.1) is 0 Å². The molecule has 0 unspecified atom stereocenters. The van der Waals surface area contributed by atoms with E-state index in [0.29, 0.717) is 24.1 Å². The second-order valence-electron chi connectivity index (χ2n) is 9.10. The van der Waals surface area contributed by atoms with Crippen LogP contribution in [0.3, 0.4) is 0 Å². The van der Waals surface area contributed by atoms with E-state index in [1.807, 2.05) is 13.8 Å². The molecule has 0 bridgehead atoms. The van der Waals surface area contributed by atoms with E-state index >= 15 is 0 Å². The van der Waals surface area contributed by atoms with Crippen LogP contribution in [0, 0.1) is 11.3 Å². The quantitative estimate of drug-likeness (QED) is 0.122. The van der Waals surface area contributed by atoms with Gasteiger partial charge in [0.25, 0.3) is 21.9 Å². The third-order valence-corrected chi connectivity index (χ3v) is 5.22. The summed E-state index contributed by atoms with van der Waals surface area (Å²) in [5, 5.41) is 22.8. The average molecular weight is 586 g/mol. The number of methoxy groups -OCH3 is 1. The summed E-state index contributed by atoms with van der Waals surface area (Å²) < 4.78 is 31.0. The van der Waals surface area contributed by atoms with Crippen LogP contribution in [0.5, 0.6) is 5.88 Å². The maximum atomic E-state index is 13.2. The van der Waals surface area contributed by atoms with Gasteiger partial charge in [-0.2, -0.15) is 8.42 Å². The van der Waals surface area contributed by atoms with Gasteiger partial charge in [0.05, 0.1) is 18.9 Å². The van der Waals surface area contributed by atoms with Gasteiger partial charge in [-0.1, -0.05) is 19.9 Å². The lowest BCUT2D eigenvalue weighted by Gasteiger charge is -2.14. The van der Waals surface area contributed by atoms with Gasteiger partial charge >= 0.3 is 5.97 Å². The number of nitrogens with zero attached hydrogens (tertiary/aromatic N) is 1. The van der Waals surface area contributed by atoms with Crippen molar-refractivity contribution >= 4 is 39.4 Å². The summed E-state index contributed by atoms with van der Waals surface area (Å²) in [6.45, 7) is 4.35. The number of amidine groups is 1. The molecule has 0 atom stereocenters. The maximum Gasteiger partial charge on any atom is 0.336 e. The molecule has 0 aliphatic carbocycles. The van der Waals surface area contributed by atoms with Crippen LogP contribution in [-0.2, 0) is 10.1 Å². The fourth-order valence-electron chi connectivity index (χ4n) is 3.36. The highest BCUT2D eigenvalue weighted by molar-refractivity contribution is 7.85. The van der Waals surface area contributed by atoms with Crippen LogP contribution in [0.25, 0.3) is 11.1 Å². The Kier molecular flexibility index (Phi) is 11.1. The number of carbonyl (C=O) groups is 3. The van der Waals surface area contributed by atoms with Crippen molar-refractivity contribution in [1.29, 1.82) is 5.41 Å². The topological polar surface area (TPSA) is 222 Å². The summed E-state index contributed by atoms with van der Waals surface area (Å²) in [7, 11) is -2.27. The number of nitrogens with two attached hydrogens (primary N) is 1. The number of rotatable bonds is 9. The molecule has 13 nitrogen and oxygen atoms in total. The van der Waals surface area contributed by atoms with Gasteiger partial charge < -0.3 is 26.2 Å². The Morgan fingerprint density at radius 3 is 2.07 bits per heavy atom. The molecular weight excluding hydrogens is 554 g/mol. The second kappa shape index (κ2) is 14.0. The predicted octanol–water partition coefficient (Wildman–Crippen LogP) is 2.88. The molecule has 1 aromatic heterocycles. The standard InChI is InChI=1S/C26H27N5O5.CH4O3S/c1-14(2)13-29-24(32)16-6-9-18(20(12-16)26(34)35)19-10-11-21(36-3)31-22(19)25(33)30-17-7-4-15(5-8-17)23(27)28;1-5(2,3)4/h4-12,14H,13H2,1-3H3,(H3,27,28)(H,29,32)(H,30,33)(H,34,35);1H3,(H,2,3,4). The maximum absolute atomic E-state index is 13.2. The smallest absolute Gasteiger partial charge is 0.336 e. The molecule has 0 saturated heterocycles. The highest BCUT2D eigenvalue weighted by atomic mass is 32.2. The van der Waals surface area contributed by atoms with Gasteiger partial charge in [-0.25, -0.2) is 9.78 Å². The molecule has 2 amide bonds. The summed E-state index contributed by atoms with van der Waals surface area (Å²) >= 11 is 0. The van der Waals surface area contributed by atoms with Gasteiger partial charge in [-0.05, 0) is 53.9 Å². The predicted molar refractivity (Wildman–Crippen MR) is 153 cm³/mol. The number of amides is 2. The molecule has 218 valence electrons. The van der Waals surface area contributed by atoms with E-state index in [1.54, 1.807) is 30.3 Å². The second-order valence-corrected chi connectivity index (χ2v) is 10.6. The van der Waals surface area contributed by atoms with Crippen molar-refractivity contribution in [3.05, 3.63) is 77.0 Å². The van der Waals surface area contributed by atoms with Crippen LogP contribution in [-0.4, -0.2) is 66.6 Å². The minimum Gasteiger partial charge on any atom is -0.481 e. The number of carboxylic acids is 1. The first-order valence-electron chi connectivity index (χ1n) is 12.0. The fraction of sp³-hybridized carbons (Fsp3) is 0.222. The van der Waals surface area contributed by atoms with Crippen molar-refractivity contribution in [1.82, 2.24) is 10.3 Å². The number of ether oxygens (including phenoxy) is 1. The highest BCUT2D eigenvalue weighted by Gasteiger charge is 2.22. The minimum absolute atomic E-state index is 0.0653. The normalized spacial score (nSPS) is 10.7. The molecule has 3 rings (SSSR count). The monoisotopic (exact) mass is 585 g/mol. The number of carbonyl (C=O) groups excluding carboxylic acids is 2. The van der Waals surface area contributed by atoms with E-state index in [4.69, 9.17) is 20.4 Å². The van der Waals surface area contributed by atoms with E-state index in [0.717, 1.165) is 0 Å². The molecule has 7 N–H and O–H groups in total. The molecule has 0 aliphatic heterocycles. The zero-order valence-corrected chi connectivity index (χ0v) is 23.6. The van der Waals surface area contributed by atoms with Gasteiger partial charge in [-0.3, -0.25) is 19.6 Å². The molecule has 0 fully saturated rings. The molecule has 3 aromatic rings. The third-order valence-electron chi connectivity index (χ3n) is 5.22. The van der Waals surface area contributed by atoms with Crippen LogP contribution < -0.4 is 21.1 Å². The summed E-state index contributed by atoms with van der Waals surface area (Å²) in [5.74, 6) is -1.96. The molecule has 2 aromatic carbocycles. The Bertz CT molecular complexity index is 1550. The number of benzene rings is 2. The third kappa shape index (κ3) is 10.0. The van der Waals surface area contributed by atoms with Crippen LogP contribution >= 0.6 is 0 Å². The average Bonchev–Trinajstić information content (AvgIpc) is 2.90. The number of nitrogen functional groups attached to an aromatic ring is 1. The molecule has 0 saturated carbocycles. The summed E-state index contributed by atoms with van der Waals surface area (Å²) in [5.41, 5.74) is 6.83. The molecule has 41 heavy (non-hydrogen) atoms. The number of carboxylic acid groups (broad SMARTS) is 1. The number of aromatic carboxylic acids is 1. The number of hydrogen-bond acceptors (Lipinski definition) is 8. The Hall–Kier alpha value is -4.82. The van der Waals surface area contributed by atoms with Crippen LogP contribution in [0.1, 0.15) is 50.6 Å². The van der Waals surface area contributed by atoms with Crippen molar-refractivity contribution in [3.8, 4) is 17.0 Å². The molecular formula is C27H31N5O8S. The summed E-state index contributed by atoms with van der Waals surface area (Å²) in [6.07, 6.45) is 0.715. The first-order valence-corrected chi connectivity index (χ1v) is 13.8. The molecule has 14 heteroatoms. The van der Waals surface area contributed by atoms with Gasteiger partial charge in [0.15, 0.2) is 0 Å². The Morgan fingerprint density at radius 1 is 1.00 bits per heavy atom. The van der Waals surface area contributed by atoms with E-state index in [-0.39, 0.29) is 45.6 Å². The first-order chi connectivity index (χ1) is 19.1. The van der Waals surface area contributed by atoms with Gasteiger partial charge in [0.1, 0.15) is 11.5 Å². The van der Waals surface area contributed by atoms with Crippen molar-refractivity contribution in [3.63, 3.8) is 0 Å². The highest BCUT2D eigenvalue weighted by Crippen LogP contribution is 2.30. The Labute approximate surface area is 237 Å². The van der Waals surface area contributed by atoms with Gasteiger partial charge in [0.2, 0.25) is 5.88 Å². The number of pyridine rings is 1.